The number of halogens is 1. The Balaban J connectivity index is 1.56. The molecule has 0 atom stereocenters. The highest BCUT2D eigenvalue weighted by molar-refractivity contribution is 7.09. The van der Waals surface area contributed by atoms with Gasteiger partial charge in [0.25, 0.3) is 0 Å². The molecule has 1 aromatic heterocycles. The Morgan fingerprint density at radius 3 is 2.71 bits per heavy atom. The maximum atomic E-state index is 13.7. The number of aromatic nitrogens is 2. The number of nitrogens with zero attached hydrogens (tertiary/aromatic N) is 4. The van der Waals surface area contributed by atoms with E-state index in [-0.39, 0.29) is 17.7 Å². The maximum absolute atomic E-state index is 13.7. The van der Waals surface area contributed by atoms with Gasteiger partial charge in [-0.05, 0) is 12.1 Å². The first-order valence-electron chi connectivity index (χ1n) is 7.30. The smallest absolute Gasteiger partial charge is 0.321 e. The molecule has 2 amide bonds. The largest absolute Gasteiger partial charge is 0.494 e. The summed E-state index contributed by atoms with van der Waals surface area (Å²) in [5.74, 6) is -0.122. The molecule has 0 saturated carbocycles. The van der Waals surface area contributed by atoms with Crippen molar-refractivity contribution in [2.24, 2.45) is 0 Å². The van der Waals surface area contributed by atoms with Crippen molar-refractivity contribution in [2.45, 2.75) is 0 Å². The lowest BCUT2D eigenvalue weighted by Crippen LogP contribution is -2.50. The molecule has 0 spiro atoms. The molecule has 10 heteroatoms. The molecule has 2 heterocycles. The Kier molecular flexibility index (Phi) is 4.65. The van der Waals surface area contributed by atoms with Gasteiger partial charge in [0.05, 0.1) is 7.11 Å². The van der Waals surface area contributed by atoms with Crippen molar-refractivity contribution in [3.63, 3.8) is 0 Å². The van der Waals surface area contributed by atoms with Crippen molar-refractivity contribution in [2.75, 3.05) is 49.2 Å². The average Bonchev–Trinajstić information content (AvgIpc) is 3.02. The van der Waals surface area contributed by atoms with Gasteiger partial charge in [-0.2, -0.15) is 9.36 Å². The molecule has 8 nitrogen and oxygen atoms in total. The van der Waals surface area contributed by atoms with E-state index in [1.54, 1.807) is 11.0 Å². The summed E-state index contributed by atoms with van der Waals surface area (Å²) in [6.45, 7) is 2.34. The predicted molar refractivity (Wildman–Crippen MR) is 90.1 cm³/mol. The molecule has 24 heavy (non-hydrogen) atoms. The highest BCUT2D eigenvalue weighted by Crippen LogP contribution is 2.22. The first-order valence-corrected chi connectivity index (χ1v) is 8.08. The Morgan fingerprint density at radius 2 is 2.12 bits per heavy atom. The van der Waals surface area contributed by atoms with Crippen LogP contribution < -0.4 is 20.7 Å². The number of carbonyl (C=O) groups excluding carboxylic acids is 1. The summed E-state index contributed by atoms with van der Waals surface area (Å²) in [5.41, 5.74) is 5.91. The van der Waals surface area contributed by atoms with Crippen LogP contribution in [-0.2, 0) is 0 Å². The normalized spacial score (nSPS) is 14.6. The number of rotatable bonds is 3. The summed E-state index contributed by atoms with van der Waals surface area (Å²) < 4.78 is 22.5. The Labute approximate surface area is 142 Å². The number of amides is 2. The summed E-state index contributed by atoms with van der Waals surface area (Å²) in [7, 11) is 1.39. The SMILES string of the molecule is COc1ccc(NC(=O)N2CCN(c3nc(N)ns3)CC2)cc1F. The minimum Gasteiger partial charge on any atom is -0.494 e. The number of ether oxygens (including phenoxy) is 1. The van der Waals surface area contributed by atoms with Gasteiger partial charge in [-0.15, -0.1) is 0 Å². The molecular weight excluding hydrogens is 335 g/mol. The van der Waals surface area contributed by atoms with Gasteiger partial charge in [0.1, 0.15) is 0 Å². The van der Waals surface area contributed by atoms with Crippen molar-refractivity contribution < 1.29 is 13.9 Å². The van der Waals surface area contributed by atoms with E-state index in [0.29, 0.717) is 31.9 Å². The van der Waals surface area contributed by atoms with Gasteiger partial charge in [0.2, 0.25) is 11.1 Å². The molecule has 1 aliphatic heterocycles. The molecule has 2 aromatic rings. The summed E-state index contributed by atoms with van der Waals surface area (Å²) >= 11 is 1.24. The molecule has 1 aromatic carbocycles. The highest BCUT2D eigenvalue weighted by atomic mass is 32.1. The van der Waals surface area contributed by atoms with Crippen LogP contribution in [-0.4, -0.2) is 53.6 Å². The second kappa shape index (κ2) is 6.87. The van der Waals surface area contributed by atoms with Crippen molar-refractivity contribution in [3.05, 3.63) is 24.0 Å². The van der Waals surface area contributed by atoms with Crippen LogP contribution in [0.3, 0.4) is 0 Å². The fraction of sp³-hybridized carbons (Fsp3) is 0.357. The van der Waals surface area contributed by atoms with E-state index in [0.717, 1.165) is 5.13 Å². The monoisotopic (exact) mass is 352 g/mol. The van der Waals surface area contributed by atoms with E-state index < -0.39 is 5.82 Å². The second-order valence-corrected chi connectivity index (χ2v) is 5.92. The number of nitrogens with two attached hydrogens (primary N) is 1. The van der Waals surface area contributed by atoms with E-state index in [1.807, 2.05) is 4.90 Å². The number of anilines is 3. The van der Waals surface area contributed by atoms with Gasteiger partial charge < -0.3 is 25.6 Å². The molecule has 3 rings (SSSR count). The molecule has 0 aliphatic carbocycles. The summed E-state index contributed by atoms with van der Waals surface area (Å²) in [6.07, 6.45) is 0. The quantitative estimate of drug-likeness (QED) is 0.871. The minimum absolute atomic E-state index is 0.137. The van der Waals surface area contributed by atoms with Crippen LogP contribution in [0.5, 0.6) is 5.75 Å². The second-order valence-electron chi connectivity index (χ2n) is 5.19. The van der Waals surface area contributed by atoms with E-state index in [1.165, 1.54) is 30.8 Å². The fourth-order valence-electron chi connectivity index (χ4n) is 2.40. The third-order valence-electron chi connectivity index (χ3n) is 3.67. The number of nitrogen functional groups attached to an aromatic ring is 1. The summed E-state index contributed by atoms with van der Waals surface area (Å²) in [4.78, 5) is 20.1. The van der Waals surface area contributed by atoms with E-state index in [9.17, 15) is 9.18 Å². The van der Waals surface area contributed by atoms with Gasteiger partial charge in [0.15, 0.2) is 11.6 Å². The molecule has 3 N–H and O–H groups in total. The number of hydrogen-bond donors (Lipinski definition) is 2. The van der Waals surface area contributed by atoms with Crippen LogP contribution in [0, 0.1) is 5.82 Å². The van der Waals surface area contributed by atoms with E-state index >= 15 is 0 Å². The zero-order valence-corrected chi connectivity index (χ0v) is 13.8. The lowest BCUT2D eigenvalue weighted by Gasteiger charge is -2.34. The molecule has 128 valence electrons. The first-order chi connectivity index (χ1) is 11.6. The van der Waals surface area contributed by atoms with Gasteiger partial charge in [-0.1, -0.05) is 0 Å². The fourth-order valence-corrected chi connectivity index (χ4v) is 3.05. The molecule has 1 saturated heterocycles. The van der Waals surface area contributed by atoms with Crippen molar-refractivity contribution in [1.29, 1.82) is 0 Å². The molecule has 1 fully saturated rings. The molecule has 0 bridgehead atoms. The topological polar surface area (TPSA) is 96.6 Å². The summed E-state index contributed by atoms with van der Waals surface area (Å²) in [6, 6.07) is 4.04. The number of carbonyl (C=O) groups is 1. The first kappa shape index (κ1) is 16.2. The number of urea groups is 1. The van der Waals surface area contributed by atoms with Crippen LogP contribution >= 0.6 is 11.5 Å². The van der Waals surface area contributed by atoms with Crippen molar-refractivity contribution in [1.82, 2.24) is 14.3 Å². The molecule has 0 unspecified atom stereocenters. The van der Waals surface area contributed by atoms with Crippen LogP contribution in [0.2, 0.25) is 0 Å². The summed E-state index contributed by atoms with van der Waals surface area (Å²) in [5, 5.41) is 3.44. The van der Waals surface area contributed by atoms with Crippen LogP contribution in [0.25, 0.3) is 0 Å². The third kappa shape index (κ3) is 3.48. The minimum atomic E-state index is -0.519. The average molecular weight is 352 g/mol. The zero-order valence-electron chi connectivity index (χ0n) is 13.0. The highest BCUT2D eigenvalue weighted by Gasteiger charge is 2.23. The third-order valence-corrected chi connectivity index (χ3v) is 4.46. The number of hydrogen-bond acceptors (Lipinski definition) is 7. The molecule has 0 radical (unpaired) electrons. The van der Waals surface area contributed by atoms with Crippen LogP contribution in [0.4, 0.5) is 26.0 Å². The Hall–Kier alpha value is -2.62. The van der Waals surface area contributed by atoms with E-state index in [2.05, 4.69) is 14.7 Å². The molecular formula is C14H17FN6O2S. The number of nitrogens with one attached hydrogen (secondary N) is 1. The van der Waals surface area contributed by atoms with Gasteiger partial charge >= 0.3 is 6.03 Å². The Bertz CT molecular complexity index is 732. The van der Waals surface area contributed by atoms with Crippen molar-refractivity contribution >= 4 is 34.3 Å². The predicted octanol–water partition coefficient (Wildman–Crippen LogP) is 1.62. The van der Waals surface area contributed by atoms with Gasteiger partial charge in [-0.3, -0.25) is 0 Å². The van der Waals surface area contributed by atoms with Crippen LogP contribution in [0.1, 0.15) is 0 Å². The number of methoxy groups -OCH3 is 1. The number of benzene rings is 1. The zero-order chi connectivity index (χ0) is 17.1. The lowest BCUT2D eigenvalue weighted by molar-refractivity contribution is 0.208. The Morgan fingerprint density at radius 1 is 1.38 bits per heavy atom. The molecule has 1 aliphatic rings. The standard InChI is InChI=1S/C14H17FN6O2S/c1-23-11-3-2-9(8-10(11)15)17-13(22)20-4-6-21(7-5-20)14-18-12(16)19-24-14/h2-3,8H,4-7H2,1H3,(H2,16,19)(H,17,22). The van der Waals surface area contributed by atoms with E-state index in [4.69, 9.17) is 10.5 Å². The van der Waals surface area contributed by atoms with Gasteiger partial charge in [0, 0.05) is 49.5 Å². The number of piperazine rings is 1. The van der Waals surface area contributed by atoms with Crippen molar-refractivity contribution in [3.8, 4) is 5.75 Å². The maximum Gasteiger partial charge on any atom is 0.321 e. The lowest BCUT2D eigenvalue weighted by atomic mass is 10.3. The van der Waals surface area contributed by atoms with Gasteiger partial charge in [-0.25, -0.2) is 9.18 Å². The van der Waals surface area contributed by atoms with Crippen LogP contribution in [0.15, 0.2) is 18.2 Å².